The Labute approximate surface area is 141 Å². The lowest BCUT2D eigenvalue weighted by Crippen LogP contribution is -2.31. The van der Waals surface area contributed by atoms with Crippen LogP contribution in [-0.4, -0.2) is 47.2 Å². The van der Waals surface area contributed by atoms with E-state index >= 15 is 0 Å². The van der Waals surface area contributed by atoms with Crippen LogP contribution in [0, 0.1) is 0 Å². The lowest BCUT2D eigenvalue weighted by atomic mass is 10.2. The molecule has 1 rings (SSSR count). The maximum Gasteiger partial charge on any atom is 0.332 e. The number of amides is 3. The normalized spacial score (nSPS) is 13.8. The fourth-order valence-electron chi connectivity index (χ4n) is 2.15. The summed E-state index contributed by atoms with van der Waals surface area (Å²) in [6, 6.07) is 0. The highest BCUT2D eigenvalue weighted by atomic mass is 16.7. The van der Waals surface area contributed by atoms with Crippen LogP contribution in [0.2, 0.25) is 0 Å². The Hall–Kier alpha value is -2.44. The predicted molar refractivity (Wildman–Crippen MR) is 87.2 cm³/mol. The molecule has 132 valence electrons. The largest absolute Gasteiger partial charge is 0.338 e. The molecule has 0 aromatic carbocycles. The molecule has 1 heterocycles. The van der Waals surface area contributed by atoms with Crippen molar-refractivity contribution in [3.05, 3.63) is 24.3 Å². The van der Waals surface area contributed by atoms with E-state index in [-0.39, 0.29) is 24.1 Å². The Bertz CT molecular complexity index is 521. The van der Waals surface area contributed by atoms with Crippen molar-refractivity contribution in [2.75, 3.05) is 13.6 Å². The Morgan fingerprint density at radius 2 is 1.79 bits per heavy atom. The lowest BCUT2D eigenvalue weighted by Gasteiger charge is -2.16. The van der Waals surface area contributed by atoms with Gasteiger partial charge in [-0.15, -0.1) is 0 Å². The number of nitrogens with zero attached hydrogens (tertiary/aromatic N) is 2. The van der Waals surface area contributed by atoms with E-state index in [1.807, 2.05) is 19.1 Å². The van der Waals surface area contributed by atoms with E-state index in [2.05, 4.69) is 0 Å². The van der Waals surface area contributed by atoms with Crippen molar-refractivity contribution in [3.8, 4) is 0 Å². The summed E-state index contributed by atoms with van der Waals surface area (Å²) >= 11 is 0. The molecule has 0 bridgehead atoms. The van der Waals surface area contributed by atoms with Crippen LogP contribution in [0.1, 0.15) is 45.4 Å². The third kappa shape index (κ3) is 6.76. The average molecular weight is 336 g/mol. The zero-order valence-corrected chi connectivity index (χ0v) is 14.2. The molecule has 1 aliphatic heterocycles. The number of rotatable bonds is 9. The minimum absolute atomic E-state index is 0.187. The zero-order valence-electron chi connectivity index (χ0n) is 14.2. The summed E-state index contributed by atoms with van der Waals surface area (Å²) < 4.78 is 0. The molecule has 0 spiro atoms. The Balaban J connectivity index is 2.12. The summed E-state index contributed by atoms with van der Waals surface area (Å²) in [4.78, 5) is 52.1. The minimum Gasteiger partial charge on any atom is -0.338 e. The van der Waals surface area contributed by atoms with Gasteiger partial charge in [0.25, 0.3) is 17.7 Å². The van der Waals surface area contributed by atoms with Crippen LogP contribution in [0.4, 0.5) is 0 Å². The molecule has 0 N–H and O–H groups in total. The molecule has 3 amide bonds. The second kappa shape index (κ2) is 10.4. The summed E-state index contributed by atoms with van der Waals surface area (Å²) in [7, 11) is 1.42. The van der Waals surface area contributed by atoms with Crippen molar-refractivity contribution in [1.29, 1.82) is 0 Å². The van der Waals surface area contributed by atoms with Crippen LogP contribution in [-0.2, 0) is 24.0 Å². The smallest absolute Gasteiger partial charge is 0.332 e. The molecule has 1 aliphatic rings. The summed E-state index contributed by atoms with van der Waals surface area (Å²) in [6.07, 6.45) is 9.22. The number of carbonyl (C=O) groups is 4. The first-order valence-electron chi connectivity index (χ1n) is 8.07. The number of hydrogen-bond donors (Lipinski definition) is 0. The number of imide groups is 1. The monoisotopic (exact) mass is 336 g/mol. The summed E-state index contributed by atoms with van der Waals surface area (Å²) in [5.41, 5.74) is 0. The van der Waals surface area contributed by atoms with E-state index < -0.39 is 5.97 Å². The molecule has 0 radical (unpaired) electrons. The molecule has 0 aromatic heterocycles. The van der Waals surface area contributed by atoms with Gasteiger partial charge in [-0.1, -0.05) is 18.6 Å². The first-order chi connectivity index (χ1) is 11.5. The third-order valence-corrected chi connectivity index (χ3v) is 3.51. The van der Waals surface area contributed by atoms with Gasteiger partial charge in [0.1, 0.15) is 0 Å². The van der Waals surface area contributed by atoms with Gasteiger partial charge in [-0.3, -0.25) is 19.3 Å². The zero-order chi connectivity index (χ0) is 17.9. The van der Waals surface area contributed by atoms with Crippen molar-refractivity contribution in [1.82, 2.24) is 9.96 Å². The molecular weight excluding hydrogens is 312 g/mol. The quantitative estimate of drug-likeness (QED) is 0.277. The number of allylic oxidation sites excluding steroid dienone is 2. The van der Waals surface area contributed by atoms with Crippen LogP contribution < -0.4 is 0 Å². The van der Waals surface area contributed by atoms with Crippen molar-refractivity contribution in [2.24, 2.45) is 0 Å². The molecule has 0 fully saturated rings. The van der Waals surface area contributed by atoms with Crippen molar-refractivity contribution >= 4 is 23.7 Å². The molecule has 0 saturated heterocycles. The third-order valence-electron chi connectivity index (χ3n) is 3.51. The topological polar surface area (TPSA) is 84.0 Å². The van der Waals surface area contributed by atoms with Crippen LogP contribution in [0.15, 0.2) is 24.3 Å². The van der Waals surface area contributed by atoms with Crippen molar-refractivity contribution < 1.29 is 24.0 Å². The second-order valence-electron chi connectivity index (χ2n) is 5.43. The van der Waals surface area contributed by atoms with Gasteiger partial charge in [-0.05, 0) is 26.2 Å². The number of unbranched alkanes of at least 4 members (excludes halogenated alkanes) is 2. The highest BCUT2D eigenvalue weighted by molar-refractivity contribution is 6.12. The van der Waals surface area contributed by atoms with Gasteiger partial charge in [0, 0.05) is 38.6 Å². The van der Waals surface area contributed by atoms with E-state index in [9.17, 15) is 19.2 Å². The van der Waals surface area contributed by atoms with Gasteiger partial charge < -0.3 is 4.84 Å². The number of carbonyl (C=O) groups excluding carboxylic acids is 4. The lowest BCUT2D eigenvalue weighted by molar-refractivity contribution is -0.192. The van der Waals surface area contributed by atoms with Crippen molar-refractivity contribution in [3.63, 3.8) is 0 Å². The van der Waals surface area contributed by atoms with Gasteiger partial charge in [0.2, 0.25) is 0 Å². The first kappa shape index (κ1) is 19.6. The average Bonchev–Trinajstić information content (AvgIpc) is 2.86. The van der Waals surface area contributed by atoms with E-state index in [4.69, 9.17) is 4.84 Å². The molecular formula is C17H24N2O5. The van der Waals surface area contributed by atoms with E-state index in [1.54, 1.807) is 0 Å². The molecule has 0 aliphatic carbocycles. The second-order valence-corrected chi connectivity index (χ2v) is 5.43. The highest BCUT2D eigenvalue weighted by Gasteiger charge is 2.22. The summed E-state index contributed by atoms with van der Waals surface area (Å²) in [5.74, 6) is -1.30. The first-order valence-corrected chi connectivity index (χ1v) is 8.07. The van der Waals surface area contributed by atoms with Gasteiger partial charge in [-0.25, -0.2) is 4.79 Å². The Kier molecular flexibility index (Phi) is 8.46. The minimum atomic E-state index is -0.466. The summed E-state index contributed by atoms with van der Waals surface area (Å²) in [5, 5.41) is 0.971. The highest BCUT2D eigenvalue weighted by Crippen LogP contribution is 2.08. The van der Waals surface area contributed by atoms with Crippen LogP contribution in [0.25, 0.3) is 0 Å². The number of hydroxylamine groups is 2. The molecule has 0 unspecified atom stereocenters. The van der Waals surface area contributed by atoms with Crippen molar-refractivity contribution in [2.45, 2.75) is 45.4 Å². The molecule has 7 heteroatoms. The van der Waals surface area contributed by atoms with Gasteiger partial charge in [0.05, 0.1) is 0 Å². The molecule has 0 aromatic rings. The van der Waals surface area contributed by atoms with E-state index in [0.717, 1.165) is 5.06 Å². The predicted octanol–water partition coefficient (Wildman–Crippen LogP) is 1.74. The Morgan fingerprint density at radius 3 is 2.42 bits per heavy atom. The van der Waals surface area contributed by atoms with Gasteiger partial charge in [-0.2, -0.15) is 5.06 Å². The van der Waals surface area contributed by atoms with Crippen LogP contribution in [0.5, 0.6) is 0 Å². The SMILES string of the molecule is C/C=C/CCC(=O)N(C)OC(=O)CCCCCN1C(=O)C=CC1=O. The fraction of sp³-hybridized carbons (Fsp3) is 0.529. The maximum absolute atomic E-state index is 11.7. The van der Waals surface area contributed by atoms with Crippen LogP contribution in [0.3, 0.4) is 0 Å². The van der Waals surface area contributed by atoms with E-state index in [1.165, 1.54) is 24.1 Å². The maximum atomic E-state index is 11.7. The Morgan fingerprint density at radius 1 is 1.12 bits per heavy atom. The van der Waals surface area contributed by atoms with Gasteiger partial charge in [0.15, 0.2) is 0 Å². The van der Waals surface area contributed by atoms with E-state index in [0.29, 0.717) is 38.6 Å². The standard InChI is InChI=1S/C17H24N2O5/c1-3-4-6-9-14(20)18(2)24-17(23)10-7-5-8-13-19-15(21)11-12-16(19)22/h3-4,11-12H,5-10,13H2,1-2H3/b4-3+. The molecule has 0 saturated carbocycles. The fourth-order valence-corrected chi connectivity index (χ4v) is 2.15. The summed E-state index contributed by atoms with van der Waals surface area (Å²) in [6.45, 7) is 2.23. The van der Waals surface area contributed by atoms with Crippen LogP contribution >= 0.6 is 0 Å². The number of hydrogen-bond acceptors (Lipinski definition) is 5. The molecule has 24 heavy (non-hydrogen) atoms. The molecule has 0 atom stereocenters. The van der Waals surface area contributed by atoms with Gasteiger partial charge >= 0.3 is 5.97 Å². The molecule has 7 nitrogen and oxygen atoms in total.